The quantitative estimate of drug-likeness (QED) is 0.594. The lowest BCUT2D eigenvalue weighted by Gasteiger charge is -2.31. The van der Waals surface area contributed by atoms with E-state index in [-0.39, 0.29) is 30.3 Å². The van der Waals surface area contributed by atoms with E-state index in [1.807, 2.05) is 25.1 Å². The Morgan fingerprint density at radius 3 is 2.46 bits per heavy atom. The maximum Gasteiger partial charge on any atom is 0.337 e. The predicted molar refractivity (Wildman–Crippen MR) is 112 cm³/mol. The first kappa shape index (κ1) is 19.9. The Hall–Kier alpha value is -2.82. The van der Waals surface area contributed by atoms with Crippen molar-refractivity contribution < 1.29 is 14.3 Å². The number of methoxy groups -OCH3 is 1. The van der Waals surface area contributed by atoms with Crippen molar-refractivity contribution in [1.82, 2.24) is 0 Å². The molecular weight excluding hydrogens is 352 g/mol. The maximum absolute atomic E-state index is 12.1. The summed E-state index contributed by atoms with van der Waals surface area (Å²) < 4.78 is 4.89. The SMILES string of the molecule is CCCC1c2ccc(C(=O)OC)cc2N(CC(C)=O)C1c1ccc(C)cc1N. The van der Waals surface area contributed by atoms with Crippen LogP contribution in [0.4, 0.5) is 11.4 Å². The molecule has 0 aromatic heterocycles. The number of nitrogen functional groups attached to an aromatic ring is 1. The van der Waals surface area contributed by atoms with Crippen LogP contribution in [-0.2, 0) is 9.53 Å². The van der Waals surface area contributed by atoms with Crippen LogP contribution in [0, 0.1) is 6.92 Å². The second-order valence-corrected chi connectivity index (χ2v) is 7.57. The lowest BCUT2D eigenvalue weighted by molar-refractivity contribution is -0.115. The van der Waals surface area contributed by atoms with Gasteiger partial charge >= 0.3 is 5.97 Å². The highest BCUT2D eigenvalue weighted by Crippen LogP contribution is 2.52. The zero-order valence-corrected chi connectivity index (χ0v) is 17.0. The Balaban J connectivity index is 2.17. The number of hydrogen-bond donors (Lipinski definition) is 1. The number of benzene rings is 2. The fraction of sp³-hybridized carbons (Fsp3) is 0.391. The first-order valence-electron chi connectivity index (χ1n) is 9.71. The van der Waals surface area contributed by atoms with Gasteiger partial charge in [0.15, 0.2) is 0 Å². The molecule has 28 heavy (non-hydrogen) atoms. The Bertz CT molecular complexity index is 907. The van der Waals surface area contributed by atoms with Crippen LogP contribution < -0.4 is 10.6 Å². The minimum absolute atomic E-state index is 0.0349. The number of hydrogen-bond acceptors (Lipinski definition) is 5. The summed E-state index contributed by atoms with van der Waals surface area (Å²) in [5.74, 6) is -0.103. The molecule has 148 valence electrons. The van der Waals surface area contributed by atoms with Gasteiger partial charge in [0.05, 0.1) is 25.3 Å². The van der Waals surface area contributed by atoms with Gasteiger partial charge < -0.3 is 15.4 Å². The number of nitrogens with zero attached hydrogens (tertiary/aromatic N) is 1. The lowest BCUT2D eigenvalue weighted by atomic mass is 9.85. The summed E-state index contributed by atoms with van der Waals surface area (Å²) in [6.45, 7) is 6.04. The van der Waals surface area contributed by atoms with Gasteiger partial charge in [-0.1, -0.05) is 31.5 Å². The van der Waals surface area contributed by atoms with E-state index in [1.54, 1.807) is 13.0 Å². The second-order valence-electron chi connectivity index (χ2n) is 7.57. The molecule has 2 unspecified atom stereocenters. The number of Topliss-reactive ketones (excluding diaryl/α,β-unsaturated/α-hetero) is 1. The fourth-order valence-electron chi connectivity index (χ4n) is 4.28. The van der Waals surface area contributed by atoms with E-state index in [1.165, 1.54) is 7.11 Å². The molecule has 1 heterocycles. The minimum atomic E-state index is -0.379. The van der Waals surface area contributed by atoms with Crippen LogP contribution >= 0.6 is 0 Å². The number of ketones is 1. The van der Waals surface area contributed by atoms with Gasteiger partial charge in [-0.3, -0.25) is 4.79 Å². The van der Waals surface area contributed by atoms with E-state index in [0.29, 0.717) is 5.56 Å². The Morgan fingerprint density at radius 1 is 1.14 bits per heavy atom. The molecule has 2 aromatic carbocycles. The summed E-state index contributed by atoms with van der Waals surface area (Å²) >= 11 is 0. The van der Waals surface area contributed by atoms with Gasteiger partial charge in [0.2, 0.25) is 0 Å². The normalized spacial score (nSPS) is 18.1. The molecule has 0 fully saturated rings. The molecule has 1 aliphatic rings. The zero-order valence-electron chi connectivity index (χ0n) is 17.0. The Kier molecular flexibility index (Phi) is 5.73. The molecule has 2 N–H and O–H groups in total. The zero-order chi connectivity index (χ0) is 20.4. The molecule has 5 nitrogen and oxygen atoms in total. The van der Waals surface area contributed by atoms with Gasteiger partial charge in [-0.15, -0.1) is 0 Å². The third-order valence-electron chi connectivity index (χ3n) is 5.43. The van der Waals surface area contributed by atoms with E-state index >= 15 is 0 Å². The summed E-state index contributed by atoms with van der Waals surface area (Å²) in [5.41, 5.74) is 11.8. The minimum Gasteiger partial charge on any atom is -0.465 e. The van der Waals surface area contributed by atoms with Gasteiger partial charge in [0, 0.05) is 17.3 Å². The first-order chi connectivity index (χ1) is 13.4. The highest BCUT2D eigenvalue weighted by Gasteiger charge is 2.40. The van der Waals surface area contributed by atoms with Gasteiger partial charge in [-0.25, -0.2) is 4.79 Å². The van der Waals surface area contributed by atoms with Crippen molar-refractivity contribution in [3.8, 4) is 0 Å². The van der Waals surface area contributed by atoms with Crippen molar-refractivity contribution >= 4 is 23.1 Å². The molecule has 0 spiro atoms. The van der Waals surface area contributed by atoms with E-state index in [9.17, 15) is 9.59 Å². The summed E-state index contributed by atoms with van der Waals surface area (Å²) in [4.78, 5) is 26.3. The Labute approximate surface area is 166 Å². The van der Waals surface area contributed by atoms with E-state index < -0.39 is 0 Å². The number of esters is 1. The van der Waals surface area contributed by atoms with Crippen molar-refractivity contribution in [3.63, 3.8) is 0 Å². The summed E-state index contributed by atoms with van der Waals surface area (Å²) in [6, 6.07) is 11.7. The number of fused-ring (bicyclic) bond motifs is 1. The summed E-state index contributed by atoms with van der Waals surface area (Å²) in [7, 11) is 1.37. The molecule has 0 radical (unpaired) electrons. The highest BCUT2D eigenvalue weighted by atomic mass is 16.5. The summed E-state index contributed by atoms with van der Waals surface area (Å²) in [6.07, 6.45) is 1.98. The smallest absolute Gasteiger partial charge is 0.337 e. The van der Waals surface area contributed by atoms with E-state index in [2.05, 4.69) is 24.0 Å². The van der Waals surface area contributed by atoms with Gasteiger partial charge in [-0.05, 0) is 55.2 Å². The predicted octanol–water partition coefficient (Wildman–Crippen LogP) is 4.40. The van der Waals surface area contributed by atoms with Crippen LogP contribution in [0.5, 0.6) is 0 Å². The third kappa shape index (κ3) is 3.61. The van der Waals surface area contributed by atoms with Crippen LogP contribution in [0.25, 0.3) is 0 Å². The van der Waals surface area contributed by atoms with Crippen molar-refractivity contribution in [2.45, 2.75) is 45.6 Å². The Morgan fingerprint density at radius 2 is 1.86 bits per heavy atom. The lowest BCUT2D eigenvalue weighted by Crippen LogP contribution is -2.32. The highest BCUT2D eigenvalue weighted by molar-refractivity contribution is 5.92. The van der Waals surface area contributed by atoms with Crippen LogP contribution in [-0.4, -0.2) is 25.4 Å². The summed E-state index contributed by atoms with van der Waals surface area (Å²) in [5, 5.41) is 0. The van der Waals surface area contributed by atoms with Gasteiger partial charge in [-0.2, -0.15) is 0 Å². The third-order valence-corrected chi connectivity index (χ3v) is 5.43. The van der Waals surface area contributed by atoms with Gasteiger partial charge in [0.25, 0.3) is 0 Å². The second kappa shape index (κ2) is 8.05. The molecule has 1 aliphatic heterocycles. The number of ether oxygens (including phenoxy) is 1. The standard InChI is InChI=1S/C23H28N2O3/c1-5-6-18-17-10-8-16(23(27)28-4)12-21(17)25(13-15(3)26)22(18)19-9-7-14(2)11-20(19)24/h7-12,18,22H,5-6,13,24H2,1-4H3. The molecule has 0 saturated heterocycles. The van der Waals surface area contributed by atoms with Crippen molar-refractivity contribution in [2.75, 3.05) is 24.3 Å². The molecule has 0 saturated carbocycles. The van der Waals surface area contributed by atoms with Crippen LogP contribution in [0.1, 0.15) is 65.7 Å². The molecular formula is C23H28N2O3. The number of anilines is 2. The van der Waals surface area contributed by atoms with Crippen molar-refractivity contribution in [1.29, 1.82) is 0 Å². The molecule has 0 aliphatic carbocycles. The maximum atomic E-state index is 12.1. The average molecular weight is 380 g/mol. The molecule has 2 atom stereocenters. The van der Waals surface area contributed by atoms with Crippen molar-refractivity contribution in [2.24, 2.45) is 0 Å². The molecule has 0 amide bonds. The van der Waals surface area contributed by atoms with Crippen molar-refractivity contribution in [3.05, 3.63) is 58.7 Å². The van der Waals surface area contributed by atoms with E-state index in [4.69, 9.17) is 10.5 Å². The molecule has 2 aromatic rings. The fourth-order valence-corrected chi connectivity index (χ4v) is 4.28. The average Bonchev–Trinajstić information content (AvgIpc) is 2.94. The molecule has 5 heteroatoms. The first-order valence-corrected chi connectivity index (χ1v) is 9.71. The number of carbonyl (C=O) groups excluding carboxylic acids is 2. The van der Waals surface area contributed by atoms with Crippen LogP contribution in [0.3, 0.4) is 0 Å². The largest absolute Gasteiger partial charge is 0.465 e. The number of aryl methyl sites for hydroxylation is 1. The van der Waals surface area contributed by atoms with Gasteiger partial charge in [0.1, 0.15) is 5.78 Å². The number of nitrogens with two attached hydrogens (primary N) is 1. The number of carbonyl (C=O) groups is 2. The molecule has 3 rings (SSSR count). The van der Waals surface area contributed by atoms with E-state index in [0.717, 1.165) is 40.9 Å². The monoisotopic (exact) mass is 380 g/mol. The topological polar surface area (TPSA) is 72.6 Å². The van der Waals surface area contributed by atoms with Crippen LogP contribution in [0.2, 0.25) is 0 Å². The molecule has 0 bridgehead atoms. The van der Waals surface area contributed by atoms with Crippen LogP contribution in [0.15, 0.2) is 36.4 Å². The number of rotatable bonds is 6.